The number of hydrogen-bond donors (Lipinski definition) is 4. The van der Waals surface area contributed by atoms with E-state index in [1.54, 1.807) is 12.1 Å². The maximum Gasteiger partial charge on any atom is 0.319 e. The molecule has 0 saturated heterocycles. The zero-order chi connectivity index (χ0) is 22.5. The van der Waals surface area contributed by atoms with E-state index in [4.69, 9.17) is 0 Å². The molecule has 0 spiro atoms. The summed E-state index contributed by atoms with van der Waals surface area (Å²) in [5.74, 6) is -1.47. The molecule has 2 amide bonds. The van der Waals surface area contributed by atoms with Gasteiger partial charge in [-0.1, -0.05) is 48.5 Å². The Bertz CT molecular complexity index is 1170. The fourth-order valence-corrected chi connectivity index (χ4v) is 3.26. The molecule has 160 valence electrons. The molecule has 3 aromatic rings. The summed E-state index contributed by atoms with van der Waals surface area (Å²) in [6, 6.07) is 14.8. The number of amides is 2. The maximum absolute atomic E-state index is 12.5. The summed E-state index contributed by atoms with van der Waals surface area (Å²) in [7, 11) is 1.48. The lowest BCUT2D eigenvalue weighted by Crippen LogP contribution is -2.35. The highest BCUT2D eigenvalue weighted by atomic mass is 16.4. The third kappa shape index (κ3) is 5.11. The molecule has 1 atom stereocenters. The van der Waals surface area contributed by atoms with Crippen LogP contribution >= 0.6 is 0 Å². The van der Waals surface area contributed by atoms with Gasteiger partial charge in [-0.25, -0.2) is 4.79 Å². The number of nitrogens with zero attached hydrogens (tertiary/aromatic N) is 1. The predicted octanol–water partition coefficient (Wildman–Crippen LogP) is 3.40. The zero-order valence-corrected chi connectivity index (χ0v) is 17.1. The summed E-state index contributed by atoms with van der Waals surface area (Å²) in [5, 5.41) is 24.0. The van der Waals surface area contributed by atoms with Crippen LogP contribution in [0, 0.1) is 6.92 Å². The fraction of sp³-hybridized carbons (Fsp3) is 0.174. The molecule has 0 unspecified atom stereocenters. The Hall–Kier alpha value is -4.07. The highest BCUT2D eigenvalue weighted by Crippen LogP contribution is 2.26. The average molecular weight is 421 g/mol. The van der Waals surface area contributed by atoms with Gasteiger partial charge in [-0.05, 0) is 35.2 Å². The minimum atomic E-state index is -1.09. The van der Waals surface area contributed by atoms with Crippen LogP contribution in [-0.2, 0) is 11.8 Å². The topological polar surface area (TPSA) is 121 Å². The summed E-state index contributed by atoms with van der Waals surface area (Å²) >= 11 is 0. The minimum Gasteiger partial charge on any atom is -0.505 e. The number of rotatable bonds is 6. The van der Waals surface area contributed by atoms with E-state index in [-0.39, 0.29) is 17.9 Å². The molecule has 0 radical (unpaired) electrons. The first-order valence-electron chi connectivity index (χ1n) is 9.60. The van der Waals surface area contributed by atoms with Gasteiger partial charge in [0.1, 0.15) is 5.75 Å². The molecule has 0 fully saturated rings. The zero-order valence-electron chi connectivity index (χ0n) is 17.1. The Kier molecular flexibility index (Phi) is 6.40. The number of hydrogen-bond acceptors (Lipinski definition) is 4. The van der Waals surface area contributed by atoms with Crippen molar-refractivity contribution in [2.45, 2.75) is 19.4 Å². The first-order valence-corrected chi connectivity index (χ1v) is 9.60. The Morgan fingerprint density at radius 1 is 1.06 bits per heavy atom. The summed E-state index contributed by atoms with van der Waals surface area (Å²) in [6.07, 6.45) is 1.01. The standard InChI is InChI=1S/C23H23N3O5/c1-14-5-3-4-6-17(14)15-7-9-16(10-8-15)18(13-20(28)29)24-23(31)25-21-19(27)11-12-26(2)22(21)30/h3-12,18,27H,13H2,1-2H3,(H,28,29)(H2,24,25,31)/t18-/m0/s1. The SMILES string of the molecule is Cc1ccccc1-c1ccc([C@H](CC(=O)O)NC(=O)Nc2c(O)ccn(C)c2=O)cc1. The number of benzene rings is 2. The first-order chi connectivity index (χ1) is 14.8. The van der Waals surface area contributed by atoms with E-state index in [1.165, 1.54) is 23.9 Å². The van der Waals surface area contributed by atoms with Crippen LogP contribution in [0.3, 0.4) is 0 Å². The minimum absolute atomic E-state index is 0.286. The van der Waals surface area contributed by atoms with Crippen LogP contribution in [0.1, 0.15) is 23.6 Å². The highest BCUT2D eigenvalue weighted by Gasteiger charge is 2.20. The van der Waals surface area contributed by atoms with E-state index in [1.807, 2.05) is 43.3 Å². The number of urea groups is 1. The van der Waals surface area contributed by atoms with Gasteiger partial charge in [0.2, 0.25) is 0 Å². The van der Waals surface area contributed by atoms with Gasteiger partial charge in [0.05, 0.1) is 12.5 Å². The Labute approximate surface area is 178 Å². The van der Waals surface area contributed by atoms with E-state index in [0.717, 1.165) is 16.7 Å². The Balaban J connectivity index is 1.82. The van der Waals surface area contributed by atoms with Gasteiger partial charge in [-0.3, -0.25) is 9.59 Å². The molecule has 8 heteroatoms. The quantitative estimate of drug-likeness (QED) is 0.486. The second-order valence-electron chi connectivity index (χ2n) is 7.18. The molecule has 31 heavy (non-hydrogen) atoms. The number of carboxylic acids is 1. The van der Waals surface area contributed by atoms with Crippen molar-refractivity contribution in [1.29, 1.82) is 0 Å². The Morgan fingerprint density at radius 2 is 1.74 bits per heavy atom. The van der Waals surface area contributed by atoms with Crippen molar-refractivity contribution in [3.8, 4) is 16.9 Å². The van der Waals surface area contributed by atoms with Gasteiger partial charge in [0.25, 0.3) is 5.56 Å². The molecular formula is C23H23N3O5. The number of aryl methyl sites for hydroxylation is 2. The molecule has 8 nitrogen and oxygen atoms in total. The summed E-state index contributed by atoms with van der Waals surface area (Å²) < 4.78 is 1.20. The number of aromatic hydroxyl groups is 1. The lowest BCUT2D eigenvalue weighted by atomic mass is 9.97. The van der Waals surface area contributed by atoms with Crippen LogP contribution in [0.5, 0.6) is 5.75 Å². The molecule has 0 saturated carbocycles. The number of anilines is 1. The number of aliphatic carboxylic acids is 1. The number of carbonyl (C=O) groups excluding carboxylic acids is 1. The second kappa shape index (κ2) is 9.17. The van der Waals surface area contributed by atoms with E-state index in [2.05, 4.69) is 10.6 Å². The summed E-state index contributed by atoms with van der Waals surface area (Å²) in [6.45, 7) is 2.01. The fourth-order valence-electron chi connectivity index (χ4n) is 3.26. The lowest BCUT2D eigenvalue weighted by Gasteiger charge is -2.19. The average Bonchev–Trinajstić information content (AvgIpc) is 2.74. The molecule has 2 aromatic carbocycles. The molecule has 0 bridgehead atoms. The second-order valence-corrected chi connectivity index (χ2v) is 7.18. The number of pyridine rings is 1. The van der Waals surface area contributed by atoms with E-state index in [0.29, 0.717) is 5.56 Å². The van der Waals surface area contributed by atoms with Crippen molar-refractivity contribution in [2.75, 3.05) is 5.32 Å². The third-order valence-corrected chi connectivity index (χ3v) is 4.94. The van der Waals surface area contributed by atoms with E-state index in [9.17, 15) is 24.6 Å². The van der Waals surface area contributed by atoms with Crippen molar-refractivity contribution in [2.24, 2.45) is 7.05 Å². The van der Waals surface area contributed by atoms with Crippen LogP contribution in [0.25, 0.3) is 11.1 Å². The van der Waals surface area contributed by atoms with Crippen LogP contribution in [0.4, 0.5) is 10.5 Å². The van der Waals surface area contributed by atoms with Crippen molar-refractivity contribution >= 4 is 17.7 Å². The Morgan fingerprint density at radius 3 is 2.39 bits per heavy atom. The van der Waals surface area contributed by atoms with Crippen molar-refractivity contribution in [1.82, 2.24) is 9.88 Å². The number of carbonyl (C=O) groups is 2. The first kappa shape index (κ1) is 21.6. The van der Waals surface area contributed by atoms with Gasteiger partial charge >= 0.3 is 12.0 Å². The molecule has 0 aliphatic rings. The molecule has 4 N–H and O–H groups in total. The smallest absolute Gasteiger partial charge is 0.319 e. The predicted molar refractivity (Wildman–Crippen MR) is 117 cm³/mol. The van der Waals surface area contributed by atoms with Crippen molar-refractivity contribution in [3.05, 3.63) is 82.3 Å². The molecule has 3 rings (SSSR count). The van der Waals surface area contributed by atoms with E-state index < -0.39 is 23.6 Å². The molecule has 0 aliphatic carbocycles. The largest absolute Gasteiger partial charge is 0.505 e. The lowest BCUT2D eigenvalue weighted by molar-refractivity contribution is -0.137. The van der Waals surface area contributed by atoms with Gasteiger partial charge in [-0.15, -0.1) is 0 Å². The van der Waals surface area contributed by atoms with Crippen LogP contribution in [-0.4, -0.2) is 26.8 Å². The summed E-state index contributed by atoms with van der Waals surface area (Å²) in [4.78, 5) is 35.9. The summed E-state index contributed by atoms with van der Waals surface area (Å²) in [5.41, 5.74) is 2.86. The van der Waals surface area contributed by atoms with E-state index >= 15 is 0 Å². The van der Waals surface area contributed by atoms with Gasteiger partial charge in [0, 0.05) is 13.2 Å². The third-order valence-electron chi connectivity index (χ3n) is 4.94. The number of carboxylic acid groups (broad SMARTS) is 1. The van der Waals surface area contributed by atoms with Crippen molar-refractivity contribution in [3.63, 3.8) is 0 Å². The molecular weight excluding hydrogens is 398 g/mol. The monoisotopic (exact) mass is 421 g/mol. The molecule has 1 heterocycles. The van der Waals surface area contributed by atoms with Crippen LogP contribution in [0.15, 0.2) is 65.6 Å². The highest BCUT2D eigenvalue weighted by molar-refractivity contribution is 5.91. The number of aromatic nitrogens is 1. The van der Waals surface area contributed by atoms with Crippen LogP contribution < -0.4 is 16.2 Å². The van der Waals surface area contributed by atoms with Gasteiger partial charge < -0.3 is 25.4 Å². The molecule has 0 aliphatic heterocycles. The van der Waals surface area contributed by atoms with Gasteiger partial charge in [0.15, 0.2) is 5.69 Å². The normalized spacial score (nSPS) is 11.5. The van der Waals surface area contributed by atoms with Crippen LogP contribution in [0.2, 0.25) is 0 Å². The van der Waals surface area contributed by atoms with Crippen molar-refractivity contribution < 1.29 is 19.8 Å². The molecule has 1 aromatic heterocycles. The number of nitrogens with one attached hydrogen (secondary N) is 2. The van der Waals surface area contributed by atoms with Gasteiger partial charge in [-0.2, -0.15) is 0 Å². The maximum atomic E-state index is 12.5.